The zero-order chi connectivity index (χ0) is 18.1. The third kappa shape index (κ3) is 3.09. The molecule has 0 amide bonds. The summed E-state index contributed by atoms with van der Waals surface area (Å²) >= 11 is 0. The number of aromatic amines is 1. The highest BCUT2D eigenvalue weighted by Crippen LogP contribution is 2.29. The van der Waals surface area contributed by atoms with Crippen molar-refractivity contribution in [2.45, 2.75) is 13.8 Å². The average molecular weight is 345 g/mol. The van der Waals surface area contributed by atoms with E-state index in [0.717, 1.165) is 45.1 Å². The molecular weight excluding hydrogens is 326 g/mol. The van der Waals surface area contributed by atoms with Crippen LogP contribution in [0, 0.1) is 13.8 Å². The number of H-pyrrole nitrogens is 1. The number of anilines is 2. The van der Waals surface area contributed by atoms with E-state index in [1.807, 2.05) is 43.3 Å². The molecular formula is C20H19N5O. The molecule has 0 aliphatic rings. The lowest BCUT2D eigenvalue weighted by atomic mass is 10.1. The first-order valence-corrected chi connectivity index (χ1v) is 8.34. The molecule has 0 atom stereocenters. The minimum absolute atomic E-state index is 0.636. The van der Waals surface area contributed by atoms with Crippen molar-refractivity contribution < 1.29 is 4.74 Å². The third-order valence-electron chi connectivity index (χ3n) is 4.13. The third-order valence-corrected chi connectivity index (χ3v) is 4.13. The minimum Gasteiger partial charge on any atom is -0.497 e. The number of ether oxygens (including phenoxy) is 1. The van der Waals surface area contributed by atoms with Gasteiger partial charge in [-0.25, -0.2) is 9.97 Å². The van der Waals surface area contributed by atoms with Gasteiger partial charge in [0, 0.05) is 22.7 Å². The Morgan fingerprint density at radius 3 is 2.65 bits per heavy atom. The molecule has 26 heavy (non-hydrogen) atoms. The molecule has 6 heteroatoms. The van der Waals surface area contributed by atoms with E-state index in [9.17, 15) is 0 Å². The Kier molecular flexibility index (Phi) is 4.01. The molecule has 0 unspecified atom stereocenters. The van der Waals surface area contributed by atoms with Crippen LogP contribution in [0.4, 0.5) is 11.6 Å². The SMILES string of the molecule is COc1cccc(-c2nc(Nc3cc(C)[nH]n3)c3ccc(C)cc3n2)c1. The molecule has 2 N–H and O–H groups in total. The Balaban J connectivity index is 1.88. The van der Waals surface area contributed by atoms with Gasteiger partial charge in [-0.3, -0.25) is 5.10 Å². The molecule has 0 radical (unpaired) electrons. The fourth-order valence-electron chi connectivity index (χ4n) is 2.83. The number of methoxy groups -OCH3 is 1. The van der Waals surface area contributed by atoms with Gasteiger partial charge in [0.2, 0.25) is 0 Å². The summed E-state index contributed by atoms with van der Waals surface area (Å²) in [4.78, 5) is 9.50. The smallest absolute Gasteiger partial charge is 0.162 e. The lowest BCUT2D eigenvalue weighted by molar-refractivity contribution is 0.415. The topological polar surface area (TPSA) is 75.7 Å². The number of nitrogens with one attached hydrogen (secondary N) is 2. The maximum atomic E-state index is 5.33. The maximum absolute atomic E-state index is 5.33. The molecule has 0 saturated heterocycles. The van der Waals surface area contributed by atoms with E-state index in [0.29, 0.717) is 5.82 Å². The number of hydrogen-bond acceptors (Lipinski definition) is 5. The van der Waals surface area contributed by atoms with Crippen LogP contribution in [0.3, 0.4) is 0 Å². The average Bonchev–Trinajstić information content (AvgIpc) is 3.06. The number of aromatic nitrogens is 4. The van der Waals surface area contributed by atoms with Gasteiger partial charge in [0.25, 0.3) is 0 Å². The first-order chi connectivity index (χ1) is 12.6. The highest BCUT2D eigenvalue weighted by Gasteiger charge is 2.12. The molecule has 4 rings (SSSR count). The van der Waals surface area contributed by atoms with Crippen LogP contribution in [-0.4, -0.2) is 27.3 Å². The summed E-state index contributed by atoms with van der Waals surface area (Å²) < 4.78 is 5.33. The number of rotatable bonds is 4. The van der Waals surface area contributed by atoms with Gasteiger partial charge in [-0.05, 0) is 43.7 Å². The van der Waals surface area contributed by atoms with Crippen molar-refractivity contribution in [3.63, 3.8) is 0 Å². The molecule has 0 saturated carbocycles. The molecule has 0 bridgehead atoms. The second-order valence-corrected chi connectivity index (χ2v) is 6.21. The second-order valence-electron chi connectivity index (χ2n) is 6.21. The monoisotopic (exact) mass is 345 g/mol. The van der Waals surface area contributed by atoms with Crippen molar-refractivity contribution in [3.05, 3.63) is 59.8 Å². The van der Waals surface area contributed by atoms with E-state index in [1.54, 1.807) is 7.11 Å². The number of fused-ring (bicyclic) bond motifs is 1. The van der Waals surface area contributed by atoms with Gasteiger partial charge in [-0.15, -0.1) is 0 Å². The minimum atomic E-state index is 0.636. The predicted molar refractivity (Wildman–Crippen MR) is 103 cm³/mol. The van der Waals surface area contributed by atoms with Gasteiger partial charge >= 0.3 is 0 Å². The Labute approximate surface area is 151 Å². The lowest BCUT2D eigenvalue weighted by Gasteiger charge is -2.10. The molecule has 6 nitrogen and oxygen atoms in total. The zero-order valence-corrected chi connectivity index (χ0v) is 14.9. The molecule has 0 aliphatic heterocycles. The zero-order valence-electron chi connectivity index (χ0n) is 14.9. The first kappa shape index (κ1) is 16.1. The van der Waals surface area contributed by atoms with E-state index < -0.39 is 0 Å². The molecule has 4 aromatic rings. The Morgan fingerprint density at radius 2 is 1.88 bits per heavy atom. The summed E-state index contributed by atoms with van der Waals surface area (Å²) in [5, 5.41) is 11.4. The van der Waals surface area contributed by atoms with E-state index in [2.05, 4.69) is 34.6 Å². The second kappa shape index (κ2) is 6.48. The summed E-state index contributed by atoms with van der Waals surface area (Å²) in [7, 11) is 1.65. The number of benzene rings is 2. The fraction of sp³-hybridized carbons (Fsp3) is 0.150. The fourth-order valence-corrected chi connectivity index (χ4v) is 2.83. The van der Waals surface area contributed by atoms with Crippen LogP contribution in [0.5, 0.6) is 5.75 Å². The van der Waals surface area contributed by atoms with E-state index in [1.165, 1.54) is 0 Å². The number of nitrogens with zero attached hydrogens (tertiary/aromatic N) is 3. The van der Waals surface area contributed by atoms with Crippen LogP contribution in [0.25, 0.3) is 22.3 Å². The van der Waals surface area contributed by atoms with Gasteiger partial charge in [0.15, 0.2) is 11.6 Å². The van der Waals surface area contributed by atoms with Gasteiger partial charge in [-0.2, -0.15) is 5.10 Å². The highest BCUT2D eigenvalue weighted by molar-refractivity contribution is 5.92. The van der Waals surface area contributed by atoms with Crippen LogP contribution in [0.1, 0.15) is 11.3 Å². The molecule has 2 aromatic heterocycles. The highest BCUT2D eigenvalue weighted by atomic mass is 16.5. The van der Waals surface area contributed by atoms with E-state index >= 15 is 0 Å². The molecule has 130 valence electrons. The van der Waals surface area contributed by atoms with Crippen molar-refractivity contribution in [1.29, 1.82) is 0 Å². The summed E-state index contributed by atoms with van der Waals surface area (Å²) in [6.45, 7) is 4.01. The first-order valence-electron chi connectivity index (χ1n) is 8.34. The Hall–Kier alpha value is -3.41. The molecule has 0 fully saturated rings. The quantitative estimate of drug-likeness (QED) is 0.574. The van der Waals surface area contributed by atoms with Gasteiger partial charge in [0.1, 0.15) is 11.6 Å². The molecule has 2 heterocycles. The van der Waals surface area contributed by atoms with Gasteiger partial charge in [0.05, 0.1) is 12.6 Å². The number of hydrogen-bond donors (Lipinski definition) is 2. The summed E-state index contributed by atoms with van der Waals surface area (Å²) in [5.41, 5.74) is 3.91. The van der Waals surface area contributed by atoms with Crippen LogP contribution in [-0.2, 0) is 0 Å². The van der Waals surface area contributed by atoms with Crippen LogP contribution in [0.15, 0.2) is 48.5 Å². The largest absolute Gasteiger partial charge is 0.497 e. The van der Waals surface area contributed by atoms with Crippen molar-refractivity contribution >= 4 is 22.5 Å². The van der Waals surface area contributed by atoms with Crippen LogP contribution in [0.2, 0.25) is 0 Å². The van der Waals surface area contributed by atoms with Crippen LogP contribution >= 0.6 is 0 Å². The van der Waals surface area contributed by atoms with Gasteiger partial charge in [-0.1, -0.05) is 18.2 Å². The Morgan fingerprint density at radius 1 is 1.00 bits per heavy atom. The lowest BCUT2D eigenvalue weighted by Crippen LogP contribution is -2.00. The number of aryl methyl sites for hydroxylation is 2. The van der Waals surface area contributed by atoms with Gasteiger partial charge < -0.3 is 10.1 Å². The van der Waals surface area contributed by atoms with Crippen molar-refractivity contribution in [1.82, 2.24) is 20.2 Å². The van der Waals surface area contributed by atoms with Crippen molar-refractivity contribution in [3.8, 4) is 17.1 Å². The maximum Gasteiger partial charge on any atom is 0.162 e. The molecule has 0 spiro atoms. The normalized spacial score (nSPS) is 10.9. The van der Waals surface area contributed by atoms with Crippen molar-refractivity contribution in [2.75, 3.05) is 12.4 Å². The summed E-state index contributed by atoms with van der Waals surface area (Å²) in [5.74, 6) is 2.85. The van der Waals surface area contributed by atoms with Crippen LogP contribution < -0.4 is 10.1 Å². The summed E-state index contributed by atoms with van der Waals surface area (Å²) in [6.07, 6.45) is 0. The Bertz CT molecular complexity index is 1090. The standard InChI is InChI=1S/C20H19N5O/c1-12-7-8-16-17(9-12)21-19(14-5-4-6-15(11-14)26-3)23-20(16)22-18-10-13(2)24-25-18/h4-11H,1-3H3,(H2,21,22,23,24,25). The summed E-state index contributed by atoms with van der Waals surface area (Å²) in [6, 6.07) is 15.8. The van der Waals surface area contributed by atoms with E-state index in [4.69, 9.17) is 14.7 Å². The molecule has 0 aliphatic carbocycles. The van der Waals surface area contributed by atoms with Crippen molar-refractivity contribution in [2.24, 2.45) is 0 Å². The van der Waals surface area contributed by atoms with E-state index in [-0.39, 0.29) is 0 Å². The predicted octanol–water partition coefficient (Wildman–Crippen LogP) is 4.39. The molecule has 2 aromatic carbocycles.